The minimum Gasteiger partial charge on any atom is -0.481 e. The number of nitrogens with zero attached hydrogens (tertiary/aromatic N) is 4. The molecular formula is C46H58F2N6O7. The summed E-state index contributed by atoms with van der Waals surface area (Å²) in [5.41, 5.74) is 8.02. The van der Waals surface area contributed by atoms with E-state index >= 15 is 0 Å². The maximum Gasteiger partial charge on any atom is 0.410 e. The zero-order valence-corrected chi connectivity index (χ0v) is 35.7. The molecule has 2 aromatic carbocycles. The van der Waals surface area contributed by atoms with Crippen molar-refractivity contribution >= 4 is 24.1 Å². The quantitative estimate of drug-likeness (QED) is 0.165. The van der Waals surface area contributed by atoms with Crippen molar-refractivity contribution in [3.8, 4) is 0 Å². The highest BCUT2D eigenvalue weighted by atomic mass is 19.1. The van der Waals surface area contributed by atoms with E-state index in [0.717, 1.165) is 16.8 Å². The van der Waals surface area contributed by atoms with Gasteiger partial charge in [0.1, 0.15) is 22.8 Å². The number of carboxylic acids is 1. The van der Waals surface area contributed by atoms with E-state index in [9.17, 15) is 28.0 Å². The second kappa shape index (κ2) is 22.0. The number of ether oxygens (including phenoxy) is 2. The summed E-state index contributed by atoms with van der Waals surface area (Å²) in [5.74, 6) is -2.00. The van der Waals surface area contributed by atoms with Crippen LogP contribution in [0.15, 0.2) is 97.3 Å². The average molecular weight is 845 g/mol. The van der Waals surface area contributed by atoms with Crippen LogP contribution in [0, 0.1) is 23.5 Å². The molecular weight excluding hydrogens is 787 g/mol. The number of benzene rings is 2. The lowest BCUT2D eigenvalue weighted by Crippen LogP contribution is -2.45. The highest BCUT2D eigenvalue weighted by Crippen LogP contribution is 2.25. The summed E-state index contributed by atoms with van der Waals surface area (Å²) in [4.78, 5) is 59.3. The van der Waals surface area contributed by atoms with E-state index in [4.69, 9.17) is 20.3 Å². The minimum absolute atomic E-state index is 0.0983. The van der Waals surface area contributed by atoms with Crippen molar-refractivity contribution in [3.63, 3.8) is 0 Å². The molecule has 4 heterocycles. The van der Waals surface area contributed by atoms with Crippen LogP contribution in [-0.4, -0.2) is 86.3 Å². The third kappa shape index (κ3) is 15.9. The molecule has 4 aromatic rings. The number of halogens is 2. The van der Waals surface area contributed by atoms with E-state index in [1.165, 1.54) is 24.3 Å². The number of pyridine rings is 2. The van der Waals surface area contributed by atoms with Gasteiger partial charge in [-0.1, -0.05) is 36.4 Å². The van der Waals surface area contributed by atoms with Gasteiger partial charge in [-0.25, -0.2) is 18.4 Å². The molecule has 2 unspecified atom stereocenters. The Kier molecular flexibility index (Phi) is 17.2. The van der Waals surface area contributed by atoms with E-state index < -0.39 is 23.2 Å². The maximum absolute atomic E-state index is 13.4. The number of rotatable bonds is 7. The van der Waals surface area contributed by atoms with E-state index in [2.05, 4.69) is 15.3 Å². The number of aliphatic carboxylic acids is 1. The van der Waals surface area contributed by atoms with Gasteiger partial charge in [0.25, 0.3) is 0 Å². The van der Waals surface area contributed by atoms with Crippen molar-refractivity contribution in [2.45, 2.75) is 90.5 Å². The Labute approximate surface area is 356 Å². The molecule has 2 aliphatic heterocycles. The average Bonchev–Trinajstić information content (AvgIpc) is 3.23. The first kappa shape index (κ1) is 47.7. The first-order chi connectivity index (χ1) is 28.8. The SMILES string of the molecule is CC(C)(C)OC(=O)N1CCC(C(=O)NC(c2ccc(F)cc2)c2ccccn2)CC1.CC(C)(C)OC(=O)N1CCC(C(=O)O)CC1.NC(c1ccc(F)cc1)c1ccccn1. The Morgan fingerprint density at radius 3 is 1.46 bits per heavy atom. The fourth-order valence-corrected chi connectivity index (χ4v) is 6.48. The lowest BCUT2D eigenvalue weighted by atomic mass is 9.94. The van der Waals surface area contributed by atoms with Gasteiger partial charge < -0.3 is 35.4 Å². The number of carbonyl (C=O) groups is 4. The van der Waals surface area contributed by atoms with Crippen molar-refractivity contribution < 1.29 is 42.5 Å². The summed E-state index contributed by atoms with van der Waals surface area (Å²) < 4.78 is 36.7. The molecule has 0 radical (unpaired) electrons. The third-order valence-corrected chi connectivity index (χ3v) is 9.72. The van der Waals surface area contributed by atoms with Gasteiger partial charge in [0.05, 0.1) is 29.4 Å². The predicted octanol–water partition coefficient (Wildman–Crippen LogP) is 8.06. The van der Waals surface area contributed by atoms with Crippen molar-refractivity contribution in [2.75, 3.05) is 26.2 Å². The van der Waals surface area contributed by atoms with Crippen molar-refractivity contribution in [3.05, 3.63) is 131 Å². The van der Waals surface area contributed by atoms with Crippen LogP contribution in [0.1, 0.15) is 102 Å². The number of amides is 3. The highest BCUT2D eigenvalue weighted by molar-refractivity contribution is 5.80. The number of carboxylic acid groups (broad SMARTS) is 1. The van der Waals surface area contributed by atoms with E-state index in [0.29, 0.717) is 57.6 Å². The molecule has 2 fully saturated rings. The normalized spacial score (nSPS) is 15.8. The predicted molar refractivity (Wildman–Crippen MR) is 226 cm³/mol. The molecule has 61 heavy (non-hydrogen) atoms. The first-order valence-corrected chi connectivity index (χ1v) is 20.4. The van der Waals surface area contributed by atoms with Gasteiger partial charge in [0, 0.05) is 44.5 Å². The molecule has 15 heteroatoms. The summed E-state index contributed by atoms with van der Waals surface area (Å²) in [7, 11) is 0. The van der Waals surface area contributed by atoms with Gasteiger partial charge in [-0.15, -0.1) is 0 Å². The number of hydrogen-bond acceptors (Lipinski definition) is 9. The Morgan fingerprint density at radius 1 is 0.656 bits per heavy atom. The number of nitrogens with two attached hydrogens (primary N) is 1. The van der Waals surface area contributed by atoms with Gasteiger partial charge in [-0.05, 0) is 127 Å². The van der Waals surface area contributed by atoms with E-state index in [1.807, 2.05) is 71.9 Å². The van der Waals surface area contributed by atoms with Crippen LogP contribution in [0.2, 0.25) is 0 Å². The number of piperidine rings is 2. The van der Waals surface area contributed by atoms with Crippen LogP contribution in [0.3, 0.4) is 0 Å². The smallest absolute Gasteiger partial charge is 0.410 e. The van der Waals surface area contributed by atoms with Crippen molar-refractivity contribution in [2.24, 2.45) is 17.6 Å². The van der Waals surface area contributed by atoms with Gasteiger partial charge in [0.15, 0.2) is 0 Å². The number of aromatic nitrogens is 2. The molecule has 0 bridgehead atoms. The Balaban J connectivity index is 0.000000222. The summed E-state index contributed by atoms with van der Waals surface area (Å²) in [5, 5.41) is 11.9. The molecule has 2 saturated heterocycles. The molecule has 6 rings (SSSR count). The summed E-state index contributed by atoms with van der Waals surface area (Å²) in [6.07, 6.45) is 4.79. The van der Waals surface area contributed by atoms with Crippen LogP contribution in [0.25, 0.3) is 0 Å². The van der Waals surface area contributed by atoms with Crippen LogP contribution in [0.4, 0.5) is 18.4 Å². The van der Waals surface area contributed by atoms with E-state index in [-0.39, 0.29) is 47.6 Å². The first-order valence-electron chi connectivity index (χ1n) is 20.4. The second-order valence-electron chi connectivity index (χ2n) is 16.9. The van der Waals surface area contributed by atoms with Gasteiger partial charge in [-0.3, -0.25) is 19.6 Å². The summed E-state index contributed by atoms with van der Waals surface area (Å²) in [6, 6.07) is 22.5. The van der Waals surface area contributed by atoms with Crippen LogP contribution in [-0.2, 0) is 19.1 Å². The molecule has 328 valence electrons. The number of likely N-dealkylation sites (tertiary alicyclic amines) is 2. The molecule has 3 amide bonds. The fourth-order valence-electron chi connectivity index (χ4n) is 6.48. The Hall–Kier alpha value is -5.96. The van der Waals surface area contributed by atoms with Crippen molar-refractivity contribution in [1.82, 2.24) is 25.1 Å². The zero-order chi connectivity index (χ0) is 44.7. The fraction of sp³-hybridized carbons (Fsp3) is 0.435. The van der Waals surface area contributed by atoms with Crippen LogP contribution in [0.5, 0.6) is 0 Å². The highest BCUT2D eigenvalue weighted by Gasteiger charge is 2.32. The molecule has 0 aliphatic carbocycles. The van der Waals surface area contributed by atoms with Gasteiger partial charge in [-0.2, -0.15) is 0 Å². The minimum atomic E-state index is -0.774. The van der Waals surface area contributed by atoms with Crippen molar-refractivity contribution in [1.29, 1.82) is 0 Å². The lowest BCUT2D eigenvalue weighted by molar-refractivity contribution is -0.143. The van der Waals surface area contributed by atoms with Crippen LogP contribution < -0.4 is 11.1 Å². The molecule has 2 aliphatic rings. The van der Waals surface area contributed by atoms with Gasteiger partial charge in [0.2, 0.25) is 5.91 Å². The Bertz CT molecular complexity index is 1990. The Morgan fingerprint density at radius 2 is 1.07 bits per heavy atom. The summed E-state index contributed by atoms with van der Waals surface area (Å²) >= 11 is 0. The number of carbonyl (C=O) groups excluding carboxylic acids is 3. The zero-order valence-electron chi connectivity index (χ0n) is 35.7. The molecule has 0 saturated carbocycles. The molecule has 13 nitrogen and oxygen atoms in total. The topological polar surface area (TPSA) is 177 Å². The molecule has 0 spiro atoms. The maximum atomic E-state index is 13.4. The largest absolute Gasteiger partial charge is 0.481 e. The monoisotopic (exact) mass is 844 g/mol. The van der Waals surface area contributed by atoms with E-state index in [1.54, 1.807) is 52.5 Å². The van der Waals surface area contributed by atoms with Crippen LogP contribution >= 0.6 is 0 Å². The molecule has 4 N–H and O–H groups in total. The standard InChI is InChI=1S/C23H28FN3O3.C12H11FN2.C11H19NO4/c1-23(2,3)30-22(29)27-14-11-17(12-15-27)21(28)26-20(19-6-4-5-13-25-19)16-7-9-18(24)10-8-16;13-10-6-4-9(5-7-10)12(14)11-3-1-2-8-15-11;1-11(2,3)16-10(15)12-6-4-8(5-7-12)9(13)14/h4-10,13,17,20H,11-12,14-15H2,1-3H3,(H,26,28);1-8,12H,14H2;8H,4-7H2,1-3H3,(H,13,14). The molecule has 2 aromatic heterocycles. The summed E-state index contributed by atoms with van der Waals surface area (Å²) in [6.45, 7) is 12.8. The number of hydrogen-bond donors (Lipinski definition) is 3. The van der Waals surface area contributed by atoms with Gasteiger partial charge >= 0.3 is 18.2 Å². The second-order valence-corrected chi connectivity index (χ2v) is 16.9. The number of nitrogens with one attached hydrogen (secondary N) is 1. The third-order valence-electron chi connectivity index (χ3n) is 9.72. The lowest BCUT2D eigenvalue weighted by Gasteiger charge is -2.33. The molecule has 2 atom stereocenters.